The summed E-state index contributed by atoms with van der Waals surface area (Å²) in [6, 6.07) is 3.80. The normalized spacial score (nSPS) is 17.2. The number of hydrogen-bond acceptors (Lipinski definition) is 5. The molecule has 0 spiro atoms. The van der Waals surface area contributed by atoms with Crippen LogP contribution in [-0.2, 0) is 14.3 Å². The summed E-state index contributed by atoms with van der Waals surface area (Å²) < 4.78 is 10.8. The van der Waals surface area contributed by atoms with Crippen molar-refractivity contribution in [1.82, 2.24) is 0 Å². The van der Waals surface area contributed by atoms with Gasteiger partial charge in [-0.1, -0.05) is 20.8 Å². The number of aromatic hydroxyl groups is 1. The van der Waals surface area contributed by atoms with Crippen molar-refractivity contribution in [2.45, 2.75) is 51.7 Å². The van der Waals surface area contributed by atoms with Crippen LogP contribution in [0.25, 0.3) is 0 Å². The molecule has 1 aliphatic rings. The molecule has 0 aromatic heterocycles. The van der Waals surface area contributed by atoms with Crippen LogP contribution >= 0.6 is 0 Å². The van der Waals surface area contributed by atoms with Crippen molar-refractivity contribution in [2.24, 2.45) is 0 Å². The molecule has 1 aromatic carbocycles. The van der Waals surface area contributed by atoms with Crippen LogP contribution < -0.4 is 9.64 Å². The Bertz CT molecular complexity index is 609. The summed E-state index contributed by atoms with van der Waals surface area (Å²) in [5.41, 5.74) is -0.565. The lowest BCUT2D eigenvalue weighted by Crippen LogP contribution is -2.60. The molecule has 6 nitrogen and oxygen atoms in total. The highest BCUT2D eigenvalue weighted by Crippen LogP contribution is 2.43. The van der Waals surface area contributed by atoms with E-state index in [4.69, 9.17) is 9.47 Å². The number of carbonyl (C=O) groups excluding carboxylic acids is 2. The number of phenols is 1. The van der Waals surface area contributed by atoms with Crippen LogP contribution in [0, 0.1) is 0 Å². The topological polar surface area (TPSA) is 76.1 Å². The van der Waals surface area contributed by atoms with Crippen molar-refractivity contribution in [3.8, 4) is 11.5 Å². The molecular formula is C17H23NO5. The second-order valence-electron chi connectivity index (χ2n) is 5.58. The minimum absolute atomic E-state index is 0.0465. The van der Waals surface area contributed by atoms with E-state index in [0.29, 0.717) is 30.7 Å². The lowest BCUT2D eigenvalue weighted by Gasteiger charge is -2.44. The van der Waals surface area contributed by atoms with Gasteiger partial charge in [0.1, 0.15) is 17.5 Å². The third kappa shape index (κ3) is 2.73. The number of fused-ring (bicyclic) bond motifs is 1. The van der Waals surface area contributed by atoms with E-state index in [0.717, 1.165) is 0 Å². The van der Waals surface area contributed by atoms with Gasteiger partial charge in [-0.3, -0.25) is 9.69 Å². The lowest BCUT2D eigenvalue weighted by molar-refractivity contribution is -0.146. The zero-order valence-electron chi connectivity index (χ0n) is 14.0. The van der Waals surface area contributed by atoms with Crippen LogP contribution in [0.2, 0.25) is 0 Å². The highest BCUT2D eigenvalue weighted by atomic mass is 16.5. The van der Waals surface area contributed by atoms with Crippen molar-refractivity contribution in [1.29, 1.82) is 0 Å². The standard InChI is InChI=1S/C17H23NO5/c1-5-12(15(20)22-4)18-13-9-8-11(19)10-14(13)23-17(6-2,7-3)16(18)21/h8-10,12,19H,5-7H2,1-4H3. The number of carbonyl (C=O) groups is 2. The first-order chi connectivity index (χ1) is 10.9. The largest absolute Gasteiger partial charge is 0.508 e. The summed E-state index contributed by atoms with van der Waals surface area (Å²) >= 11 is 0. The first-order valence-corrected chi connectivity index (χ1v) is 7.87. The summed E-state index contributed by atoms with van der Waals surface area (Å²) in [4.78, 5) is 26.7. The molecule has 0 radical (unpaired) electrons. The van der Waals surface area contributed by atoms with Gasteiger partial charge in [-0.25, -0.2) is 4.79 Å². The van der Waals surface area contributed by atoms with E-state index < -0.39 is 17.6 Å². The molecule has 23 heavy (non-hydrogen) atoms. The minimum Gasteiger partial charge on any atom is -0.508 e. The Morgan fingerprint density at radius 2 is 2.00 bits per heavy atom. The quantitative estimate of drug-likeness (QED) is 0.844. The Labute approximate surface area is 136 Å². The number of phenolic OH excluding ortho intramolecular Hbond substituents is 1. The molecule has 2 rings (SSSR count). The van der Waals surface area contributed by atoms with Crippen LogP contribution in [0.15, 0.2) is 18.2 Å². The van der Waals surface area contributed by atoms with Gasteiger partial charge in [0.2, 0.25) is 0 Å². The number of methoxy groups -OCH3 is 1. The van der Waals surface area contributed by atoms with Crippen LogP contribution in [0.4, 0.5) is 5.69 Å². The van der Waals surface area contributed by atoms with Crippen molar-refractivity contribution >= 4 is 17.6 Å². The Hall–Kier alpha value is -2.24. The molecular weight excluding hydrogens is 298 g/mol. The summed E-state index contributed by atoms with van der Waals surface area (Å²) in [5, 5.41) is 9.73. The van der Waals surface area contributed by atoms with Gasteiger partial charge in [0.25, 0.3) is 5.91 Å². The lowest BCUT2D eigenvalue weighted by atomic mass is 9.91. The Morgan fingerprint density at radius 1 is 1.35 bits per heavy atom. The Morgan fingerprint density at radius 3 is 2.52 bits per heavy atom. The highest BCUT2D eigenvalue weighted by molar-refractivity contribution is 6.06. The molecule has 1 aromatic rings. The number of esters is 1. The number of anilines is 1. The van der Waals surface area contributed by atoms with Gasteiger partial charge in [-0.15, -0.1) is 0 Å². The first-order valence-electron chi connectivity index (χ1n) is 7.87. The van der Waals surface area contributed by atoms with Crippen LogP contribution in [0.3, 0.4) is 0 Å². The number of ether oxygens (including phenoxy) is 2. The zero-order chi connectivity index (χ0) is 17.2. The fourth-order valence-electron chi connectivity index (χ4n) is 2.96. The molecule has 1 aliphatic heterocycles. The second-order valence-corrected chi connectivity index (χ2v) is 5.58. The van der Waals surface area contributed by atoms with Gasteiger partial charge in [0.05, 0.1) is 12.8 Å². The molecule has 1 heterocycles. The predicted octanol–water partition coefficient (Wildman–Crippen LogP) is 2.63. The summed E-state index contributed by atoms with van der Waals surface area (Å²) in [7, 11) is 1.31. The van der Waals surface area contributed by atoms with Gasteiger partial charge in [0.15, 0.2) is 5.60 Å². The molecule has 0 saturated heterocycles. The number of benzene rings is 1. The summed E-state index contributed by atoms with van der Waals surface area (Å²) in [6.07, 6.45) is 1.35. The van der Waals surface area contributed by atoms with E-state index in [2.05, 4.69) is 0 Å². The average molecular weight is 321 g/mol. The SMILES string of the molecule is CCC(C(=O)OC)N1C(=O)C(CC)(CC)Oc2cc(O)ccc21. The van der Waals surface area contributed by atoms with Gasteiger partial charge >= 0.3 is 5.97 Å². The molecule has 1 atom stereocenters. The van der Waals surface area contributed by atoms with Crippen LogP contribution in [-0.4, -0.2) is 35.7 Å². The fraction of sp³-hybridized carbons (Fsp3) is 0.529. The molecule has 0 aliphatic carbocycles. The van der Waals surface area contributed by atoms with E-state index in [1.807, 2.05) is 20.8 Å². The highest BCUT2D eigenvalue weighted by Gasteiger charge is 2.49. The van der Waals surface area contributed by atoms with E-state index in [1.165, 1.54) is 24.1 Å². The zero-order valence-corrected chi connectivity index (χ0v) is 14.0. The maximum atomic E-state index is 13.1. The van der Waals surface area contributed by atoms with Gasteiger partial charge in [-0.2, -0.15) is 0 Å². The van der Waals surface area contributed by atoms with Crippen molar-refractivity contribution in [2.75, 3.05) is 12.0 Å². The monoisotopic (exact) mass is 321 g/mol. The van der Waals surface area contributed by atoms with E-state index in [9.17, 15) is 14.7 Å². The van der Waals surface area contributed by atoms with Gasteiger partial charge in [0, 0.05) is 6.07 Å². The number of rotatable bonds is 5. The number of hydrogen-bond donors (Lipinski definition) is 1. The maximum Gasteiger partial charge on any atom is 0.328 e. The molecule has 1 unspecified atom stereocenters. The molecule has 0 saturated carbocycles. The Balaban J connectivity index is 2.63. The summed E-state index contributed by atoms with van der Waals surface area (Å²) in [6.45, 7) is 5.56. The van der Waals surface area contributed by atoms with Crippen molar-refractivity contribution in [3.05, 3.63) is 18.2 Å². The molecule has 0 fully saturated rings. The molecule has 126 valence electrons. The van der Waals surface area contributed by atoms with Gasteiger partial charge < -0.3 is 14.6 Å². The van der Waals surface area contributed by atoms with E-state index in [1.54, 1.807) is 6.07 Å². The van der Waals surface area contributed by atoms with Crippen LogP contribution in [0.1, 0.15) is 40.0 Å². The smallest absolute Gasteiger partial charge is 0.328 e. The molecule has 6 heteroatoms. The molecule has 1 amide bonds. The Kier molecular flexibility index (Phi) is 4.82. The van der Waals surface area contributed by atoms with Crippen molar-refractivity contribution < 1.29 is 24.2 Å². The van der Waals surface area contributed by atoms with Crippen LogP contribution in [0.5, 0.6) is 11.5 Å². The maximum absolute atomic E-state index is 13.1. The average Bonchev–Trinajstić information content (AvgIpc) is 2.56. The van der Waals surface area contributed by atoms with Gasteiger partial charge in [-0.05, 0) is 31.4 Å². The number of amides is 1. The first kappa shape index (κ1) is 17.1. The predicted molar refractivity (Wildman–Crippen MR) is 85.6 cm³/mol. The third-order valence-electron chi connectivity index (χ3n) is 4.43. The second kappa shape index (κ2) is 6.48. The van der Waals surface area contributed by atoms with E-state index >= 15 is 0 Å². The number of nitrogens with zero attached hydrogens (tertiary/aromatic N) is 1. The minimum atomic E-state index is -1.04. The van der Waals surface area contributed by atoms with E-state index in [-0.39, 0.29) is 11.7 Å². The third-order valence-corrected chi connectivity index (χ3v) is 4.43. The fourth-order valence-corrected chi connectivity index (χ4v) is 2.96. The molecule has 1 N–H and O–H groups in total. The summed E-state index contributed by atoms with van der Waals surface area (Å²) in [5.74, 6) is -0.276. The molecule has 0 bridgehead atoms. The van der Waals surface area contributed by atoms with Crippen molar-refractivity contribution in [3.63, 3.8) is 0 Å².